The molecule has 0 bridgehead atoms. The van der Waals surface area contributed by atoms with Gasteiger partial charge in [0, 0.05) is 24.1 Å². The second-order valence-electron chi connectivity index (χ2n) is 4.00. The van der Waals surface area contributed by atoms with Crippen LogP contribution in [0.1, 0.15) is 11.1 Å². The number of methoxy groups -OCH3 is 1. The Bertz CT molecular complexity index is 611. The molecule has 2 rings (SSSR count). The van der Waals surface area contributed by atoms with Crippen molar-refractivity contribution < 1.29 is 4.74 Å². The van der Waals surface area contributed by atoms with E-state index in [4.69, 9.17) is 4.74 Å². The molecule has 2 aromatic rings. The molecule has 0 radical (unpaired) electrons. The second kappa shape index (κ2) is 3.67. The molecule has 0 saturated heterocycles. The number of aryl methyl sites for hydroxylation is 2. The summed E-state index contributed by atoms with van der Waals surface area (Å²) in [4.78, 5) is 11.9. The van der Waals surface area contributed by atoms with E-state index in [0.29, 0.717) is 0 Å². The molecule has 0 aliphatic carbocycles. The molecule has 0 N–H and O–H groups in total. The maximum absolute atomic E-state index is 11.9. The molecule has 1 aromatic carbocycles. The summed E-state index contributed by atoms with van der Waals surface area (Å²) in [6.07, 6.45) is 0. The fourth-order valence-corrected chi connectivity index (χ4v) is 1.96. The van der Waals surface area contributed by atoms with E-state index in [1.807, 2.05) is 32.0 Å². The van der Waals surface area contributed by atoms with Crippen molar-refractivity contribution in [2.75, 3.05) is 7.11 Å². The summed E-state index contributed by atoms with van der Waals surface area (Å²) < 4.78 is 6.84. The summed E-state index contributed by atoms with van der Waals surface area (Å²) >= 11 is 0. The number of nitrogens with zero attached hydrogens (tertiary/aromatic N) is 1. The summed E-state index contributed by atoms with van der Waals surface area (Å²) in [5, 5.41) is 1.10. The van der Waals surface area contributed by atoms with Gasteiger partial charge in [-0.2, -0.15) is 0 Å². The highest BCUT2D eigenvalue weighted by Gasteiger charge is 2.08. The van der Waals surface area contributed by atoms with Crippen LogP contribution >= 0.6 is 0 Å². The van der Waals surface area contributed by atoms with Gasteiger partial charge in [0.2, 0.25) is 0 Å². The van der Waals surface area contributed by atoms with E-state index in [9.17, 15) is 4.79 Å². The first-order valence-electron chi connectivity index (χ1n) is 5.20. The highest BCUT2D eigenvalue weighted by molar-refractivity contribution is 5.84. The standard InChI is InChI=1S/C13H15NO2/c1-8-9(2)13(15)14(3)12-7-10(16-4)5-6-11(8)12/h5-7H,1-4H3. The molecule has 1 heterocycles. The summed E-state index contributed by atoms with van der Waals surface area (Å²) in [7, 11) is 3.41. The van der Waals surface area contributed by atoms with E-state index in [2.05, 4.69) is 0 Å². The first-order valence-corrected chi connectivity index (χ1v) is 5.20. The zero-order valence-electron chi connectivity index (χ0n) is 10.00. The van der Waals surface area contributed by atoms with Gasteiger partial charge in [0.1, 0.15) is 5.75 Å². The van der Waals surface area contributed by atoms with E-state index in [0.717, 1.165) is 27.8 Å². The lowest BCUT2D eigenvalue weighted by Gasteiger charge is -2.11. The molecule has 16 heavy (non-hydrogen) atoms. The molecular formula is C13H15NO2. The van der Waals surface area contributed by atoms with Gasteiger partial charge in [-0.25, -0.2) is 0 Å². The van der Waals surface area contributed by atoms with Crippen LogP contribution in [0, 0.1) is 13.8 Å². The third-order valence-corrected chi connectivity index (χ3v) is 3.16. The Morgan fingerprint density at radius 1 is 1.19 bits per heavy atom. The summed E-state index contributed by atoms with van der Waals surface area (Å²) in [5.41, 5.74) is 2.81. The SMILES string of the molecule is COc1ccc2c(C)c(C)c(=O)n(C)c2c1. The molecule has 0 fully saturated rings. The maximum atomic E-state index is 11.9. The van der Waals surface area contributed by atoms with E-state index in [1.165, 1.54) is 0 Å². The Labute approximate surface area is 94.3 Å². The van der Waals surface area contributed by atoms with Crippen LogP contribution in [0.25, 0.3) is 10.9 Å². The number of fused-ring (bicyclic) bond motifs is 1. The van der Waals surface area contributed by atoms with Crippen LogP contribution in [0.2, 0.25) is 0 Å². The lowest BCUT2D eigenvalue weighted by Crippen LogP contribution is -2.20. The minimum Gasteiger partial charge on any atom is -0.497 e. The highest BCUT2D eigenvalue weighted by atomic mass is 16.5. The third kappa shape index (κ3) is 1.40. The second-order valence-corrected chi connectivity index (χ2v) is 4.00. The number of hydrogen-bond donors (Lipinski definition) is 0. The van der Waals surface area contributed by atoms with Gasteiger partial charge in [-0.15, -0.1) is 0 Å². The van der Waals surface area contributed by atoms with Crippen LogP contribution in [0.5, 0.6) is 5.75 Å². The topological polar surface area (TPSA) is 31.2 Å². The first kappa shape index (κ1) is 10.7. The molecule has 84 valence electrons. The van der Waals surface area contributed by atoms with Crippen molar-refractivity contribution in [2.24, 2.45) is 7.05 Å². The molecule has 3 nitrogen and oxygen atoms in total. The summed E-state index contributed by atoms with van der Waals surface area (Å²) in [5.74, 6) is 0.769. The lowest BCUT2D eigenvalue weighted by atomic mass is 10.1. The molecule has 0 aliphatic heterocycles. The van der Waals surface area contributed by atoms with Crippen LogP contribution in [0.15, 0.2) is 23.0 Å². The van der Waals surface area contributed by atoms with Gasteiger partial charge >= 0.3 is 0 Å². The van der Waals surface area contributed by atoms with Crippen molar-refractivity contribution in [1.29, 1.82) is 0 Å². The number of benzene rings is 1. The number of aromatic nitrogens is 1. The van der Waals surface area contributed by atoms with Crippen molar-refractivity contribution in [3.63, 3.8) is 0 Å². The van der Waals surface area contributed by atoms with Crippen molar-refractivity contribution in [2.45, 2.75) is 13.8 Å². The molecule has 0 spiro atoms. The number of hydrogen-bond acceptors (Lipinski definition) is 2. The maximum Gasteiger partial charge on any atom is 0.253 e. The quantitative estimate of drug-likeness (QED) is 0.733. The summed E-state index contributed by atoms with van der Waals surface area (Å²) in [6, 6.07) is 5.80. The molecule has 0 atom stereocenters. The third-order valence-electron chi connectivity index (χ3n) is 3.16. The van der Waals surface area contributed by atoms with Crippen LogP contribution in [-0.2, 0) is 7.05 Å². The Balaban J connectivity index is 2.97. The van der Waals surface area contributed by atoms with E-state index < -0.39 is 0 Å². The molecule has 0 unspecified atom stereocenters. The van der Waals surface area contributed by atoms with Crippen LogP contribution in [0.3, 0.4) is 0 Å². The van der Waals surface area contributed by atoms with Crippen molar-refractivity contribution in [3.8, 4) is 5.75 Å². The largest absolute Gasteiger partial charge is 0.497 e. The van der Waals surface area contributed by atoms with E-state index in [-0.39, 0.29) is 5.56 Å². The lowest BCUT2D eigenvalue weighted by molar-refractivity contribution is 0.415. The van der Waals surface area contributed by atoms with Crippen LogP contribution in [-0.4, -0.2) is 11.7 Å². The predicted octanol–water partition coefficient (Wildman–Crippen LogP) is 2.16. The van der Waals surface area contributed by atoms with Crippen LogP contribution in [0.4, 0.5) is 0 Å². The van der Waals surface area contributed by atoms with Gasteiger partial charge in [-0.05, 0) is 31.5 Å². The number of ether oxygens (including phenoxy) is 1. The fourth-order valence-electron chi connectivity index (χ4n) is 1.96. The average Bonchev–Trinajstić information content (AvgIpc) is 2.33. The zero-order valence-corrected chi connectivity index (χ0v) is 10.00. The van der Waals surface area contributed by atoms with E-state index in [1.54, 1.807) is 18.7 Å². The predicted molar refractivity (Wildman–Crippen MR) is 65.2 cm³/mol. The van der Waals surface area contributed by atoms with Gasteiger partial charge < -0.3 is 9.30 Å². The molecule has 0 saturated carbocycles. The van der Waals surface area contributed by atoms with Gasteiger partial charge in [-0.1, -0.05) is 0 Å². The van der Waals surface area contributed by atoms with Gasteiger partial charge in [0.25, 0.3) is 5.56 Å². The Morgan fingerprint density at radius 2 is 1.88 bits per heavy atom. The van der Waals surface area contributed by atoms with Crippen LogP contribution < -0.4 is 10.3 Å². The monoisotopic (exact) mass is 217 g/mol. The smallest absolute Gasteiger partial charge is 0.253 e. The minimum atomic E-state index is 0.0539. The number of rotatable bonds is 1. The fraction of sp³-hybridized carbons (Fsp3) is 0.308. The molecule has 1 aromatic heterocycles. The Morgan fingerprint density at radius 3 is 2.50 bits per heavy atom. The van der Waals surface area contributed by atoms with Gasteiger partial charge in [-0.3, -0.25) is 4.79 Å². The highest BCUT2D eigenvalue weighted by Crippen LogP contribution is 2.23. The molecule has 0 amide bonds. The summed E-state index contributed by atoms with van der Waals surface area (Å²) in [6.45, 7) is 3.84. The first-order chi connectivity index (χ1) is 7.56. The molecule has 0 aliphatic rings. The van der Waals surface area contributed by atoms with Gasteiger partial charge in [0.15, 0.2) is 0 Å². The van der Waals surface area contributed by atoms with Crippen molar-refractivity contribution >= 4 is 10.9 Å². The molecular weight excluding hydrogens is 202 g/mol. The van der Waals surface area contributed by atoms with E-state index >= 15 is 0 Å². The molecule has 3 heteroatoms. The van der Waals surface area contributed by atoms with Gasteiger partial charge in [0.05, 0.1) is 12.6 Å². The van der Waals surface area contributed by atoms with Crippen molar-refractivity contribution in [1.82, 2.24) is 4.57 Å². The normalized spacial score (nSPS) is 10.8. The Hall–Kier alpha value is -1.77. The van der Waals surface area contributed by atoms with Crippen molar-refractivity contribution in [3.05, 3.63) is 39.7 Å². The minimum absolute atomic E-state index is 0.0539. The Kier molecular flexibility index (Phi) is 2.46. The number of pyridine rings is 1. The average molecular weight is 217 g/mol. The zero-order chi connectivity index (χ0) is 11.9.